The van der Waals surface area contributed by atoms with E-state index in [-0.39, 0.29) is 0 Å². The summed E-state index contributed by atoms with van der Waals surface area (Å²) in [5.41, 5.74) is 8.04. The molecule has 0 aliphatic rings. The van der Waals surface area contributed by atoms with Crippen molar-refractivity contribution in [3.05, 3.63) is 65.7 Å². The van der Waals surface area contributed by atoms with Gasteiger partial charge in [-0.25, -0.2) is 0 Å². The van der Waals surface area contributed by atoms with E-state index in [0.29, 0.717) is 6.54 Å². The molecule has 3 heteroatoms. The Balaban J connectivity index is 1.61. The Morgan fingerprint density at radius 1 is 0.696 bits per heavy atom. The average Bonchev–Trinajstić information content (AvgIpc) is 2.60. The molecule has 2 N–H and O–H groups in total. The lowest BCUT2D eigenvalue weighted by atomic mass is 10.1. The molecule has 2 aromatic rings. The Hall–Kier alpha value is -1.84. The third-order valence-corrected chi connectivity index (χ3v) is 3.62. The van der Waals surface area contributed by atoms with Crippen molar-refractivity contribution >= 4 is 0 Å². The van der Waals surface area contributed by atoms with Crippen molar-refractivity contribution in [1.29, 1.82) is 0 Å². The standard InChI is InChI=1S/C20H27NO2/c21-13-6-15-22-14-4-5-16-23-20-11-9-19(10-12-20)17-18-7-2-1-3-8-18/h1-3,7-12H,4-6,13-17,21H2. The van der Waals surface area contributed by atoms with Gasteiger partial charge in [-0.3, -0.25) is 0 Å². The minimum Gasteiger partial charge on any atom is -0.494 e. The monoisotopic (exact) mass is 313 g/mol. The Labute approximate surface area is 139 Å². The first-order valence-electron chi connectivity index (χ1n) is 8.42. The number of benzene rings is 2. The van der Waals surface area contributed by atoms with Gasteiger partial charge in [0.2, 0.25) is 0 Å². The second-order valence-electron chi connectivity index (χ2n) is 5.62. The van der Waals surface area contributed by atoms with E-state index >= 15 is 0 Å². The molecule has 3 nitrogen and oxygen atoms in total. The zero-order chi connectivity index (χ0) is 16.2. The van der Waals surface area contributed by atoms with E-state index in [2.05, 4.69) is 48.5 Å². The molecule has 2 aromatic carbocycles. The molecule has 0 aliphatic heterocycles. The van der Waals surface area contributed by atoms with Gasteiger partial charge in [0, 0.05) is 13.2 Å². The maximum absolute atomic E-state index is 5.76. The van der Waals surface area contributed by atoms with Crippen LogP contribution in [-0.2, 0) is 11.2 Å². The van der Waals surface area contributed by atoms with Crippen LogP contribution in [0.3, 0.4) is 0 Å². The van der Waals surface area contributed by atoms with Crippen LogP contribution in [0.25, 0.3) is 0 Å². The third-order valence-electron chi connectivity index (χ3n) is 3.62. The molecular formula is C20H27NO2. The van der Waals surface area contributed by atoms with Crippen molar-refractivity contribution in [3.8, 4) is 5.75 Å². The van der Waals surface area contributed by atoms with Crippen molar-refractivity contribution in [2.24, 2.45) is 5.73 Å². The number of hydrogen-bond acceptors (Lipinski definition) is 3. The van der Waals surface area contributed by atoms with Crippen LogP contribution in [0.2, 0.25) is 0 Å². The molecule has 0 radical (unpaired) electrons. The highest BCUT2D eigenvalue weighted by molar-refractivity contribution is 5.31. The van der Waals surface area contributed by atoms with Crippen LogP contribution >= 0.6 is 0 Å². The van der Waals surface area contributed by atoms with E-state index in [9.17, 15) is 0 Å². The molecule has 0 fully saturated rings. The van der Waals surface area contributed by atoms with Crippen LogP contribution in [0.15, 0.2) is 54.6 Å². The first-order chi connectivity index (χ1) is 11.4. The summed E-state index contributed by atoms with van der Waals surface area (Å²) in [5.74, 6) is 0.936. The van der Waals surface area contributed by atoms with Gasteiger partial charge in [-0.15, -0.1) is 0 Å². The molecule has 0 spiro atoms. The first-order valence-corrected chi connectivity index (χ1v) is 8.42. The fourth-order valence-corrected chi connectivity index (χ4v) is 2.32. The Bertz CT molecular complexity index is 525. The minimum atomic E-state index is 0.698. The predicted octanol–water partition coefficient (Wildman–Crippen LogP) is 3.80. The molecule has 0 aromatic heterocycles. The number of ether oxygens (including phenoxy) is 2. The molecule has 0 atom stereocenters. The SMILES string of the molecule is NCCCOCCCCOc1ccc(Cc2ccccc2)cc1. The molecule has 0 heterocycles. The number of hydrogen-bond donors (Lipinski definition) is 1. The van der Waals surface area contributed by atoms with Gasteiger partial charge in [0.1, 0.15) is 5.75 Å². The highest BCUT2D eigenvalue weighted by Crippen LogP contribution is 2.15. The summed E-state index contributed by atoms with van der Waals surface area (Å²) >= 11 is 0. The maximum atomic E-state index is 5.76. The number of nitrogens with two attached hydrogens (primary N) is 1. The fraction of sp³-hybridized carbons (Fsp3) is 0.400. The molecule has 23 heavy (non-hydrogen) atoms. The highest BCUT2D eigenvalue weighted by atomic mass is 16.5. The Morgan fingerprint density at radius 3 is 2.09 bits per heavy atom. The highest BCUT2D eigenvalue weighted by Gasteiger charge is 1.98. The second kappa shape index (κ2) is 10.8. The summed E-state index contributed by atoms with van der Waals surface area (Å²) in [4.78, 5) is 0. The van der Waals surface area contributed by atoms with E-state index in [4.69, 9.17) is 15.2 Å². The molecule has 0 aliphatic carbocycles. The van der Waals surface area contributed by atoms with Gasteiger partial charge in [-0.05, 0) is 55.5 Å². The van der Waals surface area contributed by atoms with Gasteiger partial charge >= 0.3 is 0 Å². The van der Waals surface area contributed by atoms with Gasteiger partial charge < -0.3 is 15.2 Å². The smallest absolute Gasteiger partial charge is 0.119 e. The van der Waals surface area contributed by atoms with Crippen LogP contribution in [0.5, 0.6) is 5.75 Å². The molecular weight excluding hydrogens is 286 g/mol. The number of unbranched alkanes of at least 4 members (excludes halogenated alkanes) is 1. The number of rotatable bonds is 11. The van der Waals surface area contributed by atoms with Crippen LogP contribution in [0.4, 0.5) is 0 Å². The largest absolute Gasteiger partial charge is 0.494 e. The van der Waals surface area contributed by atoms with E-state index in [1.54, 1.807) is 0 Å². The van der Waals surface area contributed by atoms with Crippen molar-refractivity contribution < 1.29 is 9.47 Å². The first kappa shape index (κ1) is 17.5. The zero-order valence-corrected chi connectivity index (χ0v) is 13.7. The summed E-state index contributed by atoms with van der Waals surface area (Å²) < 4.78 is 11.2. The molecule has 0 unspecified atom stereocenters. The summed E-state index contributed by atoms with van der Waals surface area (Å²) in [6.07, 6.45) is 3.93. The van der Waals surface area contributed by atoms with Crippen LogP contribution < -0.4 is 10.5 Å². The fourth-order valence-electron chi connectivity index (χ4n) is 2.32. The van der Waals surface area contributed by atoms with Gasteiger partial charge in [0.15, 0.2) is 0 Å². The second-order valence-corrected chi connectivity index (χ2v) is 5.62. The lowest BCUT2D eigenvalue weighted by molar-refractivity contribution is 0.125. The molecule has 2 rings (SSSR count). The predicted molar refractivity (Wildman–Crippen MR) is 94.9 cm³/mol. The molecule has 0 saturated heterocycles. The molecule has 124 valence electrons. The van der Waals surface area contributed by atoms with Gasteiger partial charge in [0.05, 0.1) is 6.61 Å². The normalized spacial score (nSPS) is 10.7. The van der Waals surface area contributed by atoms with Crippen molar-refractivity contribution in [2.45, 2.75) is 25.7 Å². The lowest BCUT2D eigenvalue weighted by Gasteiger charge is -2.08. The lowest BCUT2D eigenvalue weighted by Crippen LogP contribution is -2.06. The van der Waals surface area contributed by atoms with Crippen molar-refractivity contribution in [3.63, 3.8) is 0 Å². The van der Waals surface area contributed by atoms with Crippen molar-refractivity contribution in [2.75, 3.05) is 26.4 Å². The summed E-state index contributed by atoms with van der Waals surface area (Å²) in [5, 5.41) is 0. The van der Waals surface area contributed by atoms with Crippen LogP contribution in [0.1, 0.15) is 30.4 Å². The Morgan fingerprint density at radius 2 is 1.35 bits per heavy atom. The van der Waals surface area contributed by atoms with E-state index < -0.39 is 0 Å². The summed E-state index contributed by atoms with van der Waals surface area (Å²) in [7, 11) is 0. The van der Waals surface area contributed by atoms with Crippen molar-refractivity contribution in [1.82, 2.24) is 0 Å². The van der Waals surface area contributed by atoms with E-state index in [1.807, 2.05) is 6.07 Å². The maximum Gasteiger partial charge on any atom is 0.119 e. The van der Waals surface area contributed by atoms with Gasteiger partial charge in [-0.2, -0.15) is 0 Å². The van der Waals surface area contributed by atoms with Gasteiger partial charge in [0.25, 0.3) is 0 Å². The molecule has 0 saturated carbocycles. The van der Waals surface area contributed by atoms with E-state index in [0.717, 1.165) is 51.3 Å². The molecule has 0 bridgehead atoms. The van der Waals surface area contributed by atoms with Crippen LogP contribution in [-0.4, -0.2) is 26.4 Å². The third kappa shape index (κ3) is 7.31. The van der Waals surface area contributed by atoms with Gasteiger partial charge in [-0.1, -0.05) is 42.5 Å². The zero-order valence-electron chi connectivity index (χ0n) is 13.7. The summed E-state index contributed by atoms with van der Waals surface area (Å²) in [6, 6.07) is 18.9. The average molecular weight is 313 g/mol. The quantitative estimate of drug-likeness (QED) is 0.642. The minimum absolute atomic E-state index is 0.698. The molecule has 0 amide bonds. The summed E-state index contributed by atoms with van der Waals surface area (Å²) in [6.45, 7) is 2.99. The Kier molecular flexibility index (Phi) is 8.23. The van der Waals surface area contributed by atoms with Crippen LogP contribution in [0, 0.1) is 0 Å². The van der Waals surface area contributed by atoms with E-state index in [1.165, 1.54) is 11.1 Å². The topological polar surface area (TPSA) is 44.5 Å².